The van der Waals surface area contributed by atoms with E-state index in [0.717, 1.165) is 31.7 Å². The largest absolute Gasteiger partial charge is 0.433 e. The van der Waals surface area contributed by atoms with Gasteiger partial charge in [0.2, 0.25) is 0 Å². The van der Waals surface area contributed by atoms with Crippen LogP contribution in [0.25, 0.3) is 0 Å². The number of aromatic nitrogens is 1. The molecule has 0 atom stereocenters. The van der Waals surface area contributed by atoms with Crippen LogP contribution in [-0.2, 0) is 0 Å². The Labute approximate surface area is 95.4 Å². The molecule has 1 aromatic rings. The summed E-state index contributed by atoms with van der Waals surface area (Å²) in [6.07, 6.45) is 4.05. The number of oxazole rings is 1. The first-order chi connectivity index (χ1) is 7.16. The minimum Gasteiger partial charge on any atom is -0.433 e. The van der Waals surface area contributed by atoms with Crippen molar-refractivity contribution in [2.45, 2.75) is 38.6 Å². The molecular weight excluding hydrogens is 212 g/mol. The topological polar surface area (TPSA) is 29.3 Å². The Bertz CT molecular complexity index is 316. The lowest BCUT2D eigenvalue weighted by Gasteiger charge is -2.33. The molecule has 0 saturated carbocycles. The number of nitrogens with zero attached hydrogens (tertiary/aromatic N) is 2. The van der Waals surface area contributed by atoms with E-state index in [-0.39, 0.29) is 5.35 Å². The lowest BCUT2D eigenvalue weighted by atomic mass is 9.94. The Morgan fingerprint density at radius 2 is 2.13 bits per heavy atom. The first kappa shape index (κ1) is 11.0. The van der Waals surface area contributed by atoms with Gasteiger partial charge in [-0.05, 0) is 51.4 Å². The maximum absolute atomic E-state index is 5.67. The monoisotopic (exact) mass is 228 g/mol. The van der Waals surface area contributed by atoms with Crippen molar-refractivity contribution in [1.29, 1.82) is 0 Å². The quantitative estimate of drug-likeness (QED) is 0.780. The molecule has 84 valence electrons. The summed E-state index contributed by atoms with van der Waals surface area (Å²) in [4.78, 5) is 6.43. The number of piperidine rings is 1. The maximum Gasteiger partial charge on any atom is 0.292 e. The molecule has 2 rings (SSSR count). The van der Waals surface area contributed by atoms with E-state index >= 15 is 0 Å². The Balaban J connectivity index is 1.93. The van der Waals surface area contributed by atoms with Crippen LogP contribution in [0.2, 0.25) is 5.35 Å². The molecule has 0 aliphatic carbocycles. The van der Waals surface area contributed by atoms with Gasteiger partial charge in [0.25, 0.3) is 5.35 Å². The average Bonchev–Trinajstić information content (AvgIpc) is 2.65. The van der Waals surface area contributed by atoms with E-state index in [9.17, 15) is 0 Å². The molecule has 1 aliphatic heterocycles. The number of hydrogen-bond acceptors (Lipinski definition) is 3. The van der Waals surface area contributed by atoms with Gasteiger partial charge in [0.1, 0.15) is 5.76 Å². The number of halogens is 1. The summed E-state index contributed by atoms with van der Waals surface area (Å²) in [5.74, 6) is 1.45. The molecular formula is C11H17ClN2O. The number of hydrogen-bond donors (Lipinski definition) is 0. The van der Waals surface area contributed by atoms with Crippen LogP contribution in [0.15, 0.2) is 10.6 Å². The summed E-state index contributed by atoms with van der Waals surface area (Å²) in [7, 11) is 0. The third kappa shape index (κ3) is 2.52. The second-order valence-corrected chi connectivity index (χ2v) is 4.74. The van der Waals surface area contributed by atoms with Crippen molar-refractivity contribution in [2.75, 3.05) is 13.1 Å². The molecule has 2 heterocycles. The van der Waals surface area contributed by atoms with Gasteiger partial charge in [-0.1, -0.05) is 0 Å². The Morgan fingerprint density at radius 1 is 1.47 bits per heavy atom. The highest BCUT2D eigenvalue weighted by Crippen LogP contribution is 2.29. The zero-order valence-corrected chi connectivity index (χ0v) is 10.00. The summed E-state index contributed by atoms with van der Waals surface area (Å²) in [5, 5.41) is 0.260. The highest BCUT2D eigenvalue weighted by Gasteiger charge is 2.24. The second-order valence-electron chi connectivity index (χ2n) is 4.42. The fourth-order valence-electron chi connectivity index (χ4n) is 2.15. The molecule has 15 heavy (non-hydrogen) atoms. The van der Waals surface area contributed by atoms with Crippen LogP contribution in [0.3, 0.4) is 0 Å². The highest BCUT2D eigenvalue weighted by molar-refractivity contribution is 6.27. The minimum atomic E-state index is 0.260. The summed E-state index contributed by atoms with van der Waals surface area (Å²) >= 11 is 5.67. The summed E-state index contributed by atoms with van der Waals surface area (Å²) in [6.45, 7) is 6.76. The fourth-order valence-corrected chi connectivity index (χ4v) is 2.29. The SMILES string of the molecule is CC(C)N1CCC(c2cnc(Cl)o2)CC1. The van der Waals surface area contributed by atoms with E-state index in [2.05, 4.69) is 23.7 Å². The first-order valence-electron chi connectivity index (χ1n) is 5.52. The number of rotatable bonds is 2. The van der Waals surface area contributed by atoms with E-state index < -0.39 is 0 Å². The zero-order valence-electron chi connectivity index (χ0n) is 9.24. The first-order valence-corrected chi connectivity index (χ1v) is 5.90. The smallest absolute Gasteiger partial charge is 0.292 e. The molecule has 0 radical (unpaired) electrons. The molecule has 0 aromatic carbocycles. The summed E-state index contributed by atoms with van der Waals surface area (Å²) in [5.41, 5.74) is 0. The third-order valence-electron chi connectivity index (χ3n) is 3.16. The van der Waals surface area contributed by atoms with Crippen molar-refractivity contribution in [3.63, 3.8) is 0 Å². The standard InChI is InChI=1S/C11H17ClN2O/c1-8(2)14-5-3-9(4-6-14)10-7-13-11(12)15-10/h7-9H,3-6H2,1-2H3. The van der Waals surface area contributed by atoms with Crippen molar-refractivity contribution in [3.05, 3.63) is 17.3 Å². The fraction of sp³-hybridized carbons (Fsp3) is 0.727. The van der Waals surface area contributed by atoms with E-state index in [4.69, 9.17) is 16.0 Å². The Morgan fingerprint density at radius 3 is 2.60 bits per heavy atom. The van der Waals surface area contributed by atoms with E-state index in [1.54, 1.807) is 6.20 Å². The summed E-state index contributed by atoms with van der Waals surface area (Å²) < 4.78 is 5.35. The highest BCUT2D eigenvalue weighted by atomic mass is 35.5. The third-order valence-corrected chi connectivity index (χ3v) is 3.33. The van der Waals surface area contributed by atoms with Gasteiger partial charge in [0.15, 0.2) is 0 Å². The van der Waals surface area contributed by atoms with Crippen molar-refractivity contribution in [1.82, 2.24) is 9.88 Å². The molecule has 0 spiro atoms. The Kier molecular flexibility index (Phi) is 3.32. The normalized spacial score (nSPS) is 20.0. The van der Waals surface area contributed by atoms with Crippen LogP contribution in [0, 0.1) is 0 Å². The molecule has 0 bridgehead atoms. The van der Waals surface area contributed by atoms with Crippen LogP contribution in [0.4, 0.5) is 0 Å². The number of likely N-dealkylation sites (tertiary alicyclic amines) is 1. The van der Waals surface area contributed by atoms with Gasteiger partial charge in [-0.2, -0.15) is 0 Å². The lowest BCUT2D eigenvalue weighted by molar-refractivity contribution is 0.165. The van der Waals surface area contributed by atoms with Gasteiger partial charge in [0, 0.05) is 12.0 Å². The van der Waals surface area contributed by atoms with Crippen LogP contribution >= 0.6 is 11.6 Å². The lowest BCUT2D eigenvalue weighted by Crippen LogP contribution is -2.37. The maximum atomic E-state index is 5.67. The van der Waals surface area contributed by atoms with Crippen LogP contribution in [-0.4, -0.2) is 29.0 Å². The molecule has 1 saturated heterocycles. The van der Waals surface area contributed by atoms with Gasteiger partial charge in [-0.3, -0.25) is 0 Å². The Hall–Kier alpha value is -0.540. The zero-order chi connectivity index (χ0) is 10.8. The molecule has 0 amide bonds. The molecule has 1 aromatic heterocycles. The molecule has 1 aliphatic rings. The van der Waals surface area contributed by atoms with E-state index in [1.807, 2.05) is 0 Å². The predicted octanol–water partition coefficient (Wildman–Crippen LogP) is 2.92. The molecule has 0 unspecified atom stereocenters. The molecule has 4 heteroatoms. The van der Waals surface area contributed by atoms with E-state index in [0.29, 0.717) is 12.0 Å². The average molecular weight is 229 g/mol. The van der Waals surface area contributed by atoms with Crippen molar-refractivity contribution >= 4 is 11.6 Å². The predicted molar refractivity (Wildman–Crippen MR) is 60.2 cm³/mol. The van der Waals surface area contributed by atoms with Crippen molar-refractivity contribution < 1.29 is 4.42 Å². The van der Waals surface area contributed by atoms with Crippen molar-refractivity contribution in [2.24, 2.45) is 0 Å². The second kappa shape index (κ2) is 4.54. The molecule has 0 N–H and O–H groups in total. The van der Waals surface area contributed by atoms with Gasteiger partial charge >= 0.3 is 0 Å². The van der Waals surface area contributed by atoms with Crippen LogP contribution in [0.5, 0.6) is 0 Å². The molecule has 3 nitrogen and oxygen atoms in total. The van der Waals surface area contributed by atoms with Gasteiger partial charge < -0.3 is 9.32 Å². The minimum absolute atomic E-state index is 0.260. The molecule has 1 fully saturated rings. The van der Waals surface area contributed by atoms with Gasteiger partial charge in [-0.15, -0.1) is 0 Å². The van der Waals surface area contributed by atoms with Gasteiger partial charge in [-0.25, -0.2) is 4.98 Å². The van der Waals surface area contributed by atoms with Crippen LogP contribution < -0.4 is 0 Å². The summed E-state index contributed by atoms with van der Waals surface area (Å²) in [6, 6.07) is 0.643. The van der Waals surface area contributed by atoms with E-state index in [1.165, 1.54) is 0 Å². The van der Waals surface area contributed by atoms with Crippen LogP contribution in [0.1, 0.15) is 38.4 Å². The van der Waals surface area contributed by atoms with Crippen molar-refractivity contribution in [3.8, 4) is 0 Å². The van der Waals surface area contributed by atoms with Gasteiger partial charge in [0.05, 0.1) is 6.20 Å².